The molecule has 0 saturated heterocycles. The molecule has 0 heterocycles. The summed E-state index contributed by atoms with van der Waals surface area (Å²) in [7, 11) is 2.12. The van der Waals surface area contributed by atoms with Crippen LogP contribution < -0.4 is 12.4 Å². The van der Waals surface area contributed by atoms with Gasteiger partial charge in [-0.05, 0) is 45.2 Å². The van der Waals surface area contributed by atoms with Crippen molar-refractivity contribution in [2.24, 2.45) is 0 Å². The zero-order valence-electron chi connectivity index (χ0n) is 22.4. The summed E-state index contributed by atoms with van der Waals surface area (Å²) in [6.07, 6.45) is 20.9. The van der Waals surface area contributed by atoms with E-state index in [9.17, 15) is 0 Å². The Bertz CT molecular complexity index is 798. The molecule has 0 aliphatic rings. The summed E-state index contributed by atoms with van der Waals surface area (Å²) in [5.41, 5.74) is 4.15. The minimum Gasteiger partial charge on any atom is -1.00 e. The van der Waals surface area contributed by atoms with Crippen LogP contribution in [0.1, 0.15) is 107 Å². The Kier molecular flexibility index (Phi) is 15.8. The Balaban J connectivity index is 0.00000456. The Morgan fingerprint density at radius 1 is 0.389 bits per heavy atom. The standard InChI is InChI=1S/C34H47P.ClH/c35-30-22-11-9-7-5-3-1-2-4-6-8-10-21-29-34(31-23-15-12-16-24-31,32-25-17-13-18-26-32)33-27-19-14-20-28-33;/h12-20,23-28H,1-11,21-22,29-30,35H2;1H. The summed E-state index contributed by atoms with van der Waals surface area (Å²) in [5, 5.41) is 0. The Labute approximate surface area is 230 Å². The highest BCUT2D eigenvalue weighted by atomic mass is 35.5. The van der Waals surface area contributed by atoms with Gasteiger partial charge in [-0.1, -0.05) is 162 Å². The van der Waals surface area contributed by atoms with E-state index in [1.54, 1.807) is 0 Å². The van der Waals surface area contributed by atoms with E-state index in [0.717, 1.165) is 6.42 Å². The van der Waals surface area contributed by atoms with Gasteiger partial charge >= 0.3 is 0 Å². The molecule has 196 valence electrons. The molecule has 1 unspecified atom stereocenters. The van der Waals surface area contributed by atoms with Gasteiger partial charge in [0.1, 0.15) is 0 Å². The second-order valence-electron chi connectivity index (χ2n) is 10.2. The minimum atomic E-state index is -0.0820. The molecule has 0 bridgehead atoms. The van der Waals surface area contributed by atoms with Gasteiger partial charge in [0.25, 0.3) is 0 Å². The van der Waals surface area contributed by atoms with E-state index < -0.39 is 0 Å². The molecule has 3 rings (SSSR count). The van der Waals surface area contributed by atoms with E-state index in [1.165, 1.54) is 106 Å². The number of halogens is 1. The molecule has 0 aliphatic carbocycles. The predicted molar refractivity (Wildman–Crippen MR) is 160 cm³/mol. The van der Waals surface area contributed by atoms with E-state index in [2.05, 4.69) is 100 Å². The topological polar surface area (TPSA) is 0 Å². The van der Waals surface area contributed by atoms with Gasteiger partial charge in [-0.25, -0.2) is 0 Å². The molecule has 36 heavy (non-hydrogen) atoms. The summed E-state index contributed by atoms with van der Waals surface area (Å²) < 4.78 is 0. The molecule has 0 fully saturated rings. The second-order valence-corrected chi connectivity index (χ2v) is 10.9. The van der Waals surface area contributed by atoms with Gasteiger partial charge in [-0.3, -0.25) is 0 Å². The summed E-state index contributed by atoms with van der Waals surface area (Å²) >= 11 is 0. The maximum atomic E-state index is 2.32. The lowest BCUT2D eigenvalue weighted by atomic mass is 9.66. The summed E-state index contributed by atoms with van der Waals surface area (Å²) in [5.74, 6) is 0. The largest absolute Gasteiger partial charge is 1.00 e. The summed E-state index contributed by atoms with van der Waals surface area (Å²) in [6.45, 7) is 0. The third kappa shape index (κ3) is 9.68. The molecule has 0 radical (unpaired) electrons. The van der Waals surface area contributed by atoms with E-state index in [1.807, 2.05) is 0 Å². The van der Waals surface area contributed by atoms with Crippen molar-refractivity contribution < 1.29 is 12.4 Å². The number of benzene rings is 3. The number of hydrogen-bond donors (Lipinski definition) is 0. The SMILES string of the molecule is [Cl-].[PH3+]CCCCCCCCCCCCCCCC(c1ccccc1)(c1ccccc1)c1ccccc1. The van der Waals surface area contributed by atoms with Crippen molar-refractivity contribution in [3.63, 3.8) is 0 Å². The molecule has 0 aromatic heterocycles. The van der Waals surface area contributed by atoms with Crippen LogP contribution in [-0.4, -0.2) is 6.16 Å². The van der Waals surface area contributed by atoms with Crippen LogP contribution in [0.15, 0.2) is 91.0 Å². The van der Waals surface area contributed by atoms with Crippen LogP contribution in [0.2, 0.25) is 0 Å². The lowest BCUT2D eigenvalue weighted by Crippen LogP contribution is -3.00. The Morgan fingerprint density at radius 3 is 0.972 bits per heavy atom. The molecule has 0 saturated carbocycles. The van der Waals surface area contributed by atoms with Crippen LogP contribution in [0, 0.1) is 0 Å². The highest BCUT2D eigenvalue weighted by Crippen LogP contribution is 2.43. The van der Waals surface area contributed by atoms with E-state index >= 15 is 0 Å². The van der Waals surface area contributed by atoms with Crippen LogP contribution in [0.3, 0.4) is 0 Å². The van der Waals surface area contributed by atoms with Crippen molar-refractivity contribution in [1.82, 2.24) is 0 Å². The van der Waals surface area contributed by atoms with E-state index in [-0.39, 0.29) is 17.8 Å². The van der Waals surface area contributed by atoms with E-state index in [4.69, 9.17) is 0 Å². The molecule has 0 spiro atoms. The van der Waals surface area contributed by atoms with Gasteiger partial charge in [0.2, 0.25) is 0 Å². The zero-order valence-corrected chi connectivity index (χ0v) is 24.5. The maximum absolute atomic E-state index is 2.32. The average Bonchev–Trinajstić information content (AvgIpc) is 2.93. The quantitative estimate of drug-likeness (QED) is 0.0949. The zero-order chi connectivity index (χ0) is 24.4. The van der Waals surface area contributed by atoms with Crippen LogP contribution in [0.25, 0.3) is 0 Å². The first-order chi connectivity index (χ1) is 17.4. The first-order valence-corrected chi connectivity index (χ1v) is 15.3. The molecular formula is C34H48ClP. The van der Waals surface area contributed by atoms with Crippen LogP contribution in [-0.2, 0) is 5.41 Å². The van der Waals surface area contributed by atoms with Gasteiger partial charge in [0.15, 0.2) is 0 Å². The second kappa shape index (κ2) is 18.6. The van der Waals surface area contributed by atoms with Crippen molar-refractivity contribution >= 4 is 9.24 Å². The average molecular weight is 523 g/mol. The summed E-state index contributed by atoms with van der Waals surface area (Å²) in [4.78, 5) is 0. The van der Waals surface area contributed by atoms with Crippen molar-refractivity contribution in [3.8, 4) is 0 Å². The highest BCUT2D eigenvalue weighted by Gasteiger charge is 2.35. The first-order valence-electron chi connectivity index (χ1n) is 14.3. The smallest absolute Gasteiger partial charge is 0.0526 e. The lowest BCUT2D eigenvalue weighted by molar-refractivity contribution is -0.00000709. The number of unbranched alkanes of at least 4 members (excludes halogenated alkanes) is 12. The molecule has 3 aromatic carbocycles. The number of rotatable bonds is 18. The molecule has 3 aromatic rings. The minimum absolute atomic E-state index is 0. The maximum Gasteiger partial charge on any atom is 0.0526 e. The lowest BCUT2D eigenvalue weighted by Gasteiger charge is -2.36. The third-order valence-corrected chi connectivity index (χ3v) is 8.10. The molecule has 2 heteroatoms. The monoisotopic (exact) mass is 522 g/mol. The van der Waals surface area contributed by atoms with Gasteiger partial charge in [0, 0.05) is 5.41 Å². The van der Waals surface area contributed by atoms with Crippen molar-refractivity contribution in [2.75, 3.05) is 6.16 Å². The molecule has 0 nitrogen and oxygen atoms in total. The molecule has 0 amide bonds. The Morgan fingerprint density at radius 2 is 0.667 bits per heavy atom. The van der Waals surface area contributed by atoms with Gasteiger partial charge in [0.05, 0.1) is 6.16 Å². The fraction of sp³-hybridized carbons (Fsp3) is 0.471. The number of hydrogen-bond acceptors (Lipinski definition) is 0. The fourth-order valence-electron chi connectivity index (χ4n) is 5.61. The molecule has 1 atom stereocenters. The first kappa shape index (κ1) is 30.6. The highest BCUT2D eigenvalue weighted by molar-refractivity contribution is 7.16. The molecule has 0 aliphatic heterocycles. The van der Waals surface area contributed by atoms with Gasteiger partial charge in [-0.15, -0.1) is 0 Å². The van der Waals surface area contributed by atoms with Gasteiger partial charge in [-0.2, -0.15) is 0 Å². The molecular weight excluding hydrogens is 475 g/mol. The Hall–Kier alpha value is -1.62. The fourth-order valence-corrected chi connectivity index (χ4v) is 5.97. The predicted octanol–water partition coefficient (Wildman–Crippen LogP) is 7.09. The summed E-state index contributed by atoms with van der Waals surface area (Å²) in [6, 6.07) is 33.5. The third-order valence-electron chi connectivity index (χ3n) is 7.60. The van der Waals surface area contributed by atoms with Gasteiger partial charge < -0.3 is 12.4 Å². The molecule has 0 N–H and O–H groups in total. The van der Waals surface area contributed by atoms with E-state index in [0.29, 0.717) is 0 Å². The van der Waals surface area contributed by atoms with Crippen molar-refractivity contribution in [2.45, 2.75) is 95.3 Å². The van der Waals surface area contributed by atoms with Crippen LogP contribution in [0.5, 0.6) is 0 Å². The van der Waals surface area contributed by atoms with Crippen molar-refractivity contribution in [1.29, 1.82) is 0 Å². The van der Waals surface area contributed by atoms with Crippen LogP contribution in [0.4, 0.5) is 0 Å². The van der Waals surface area contributed by atoms with Crippen molar-refractivity contribution in [3.05, 3.63) is 108 Å². The normalized spacial score (nSPS) is 11.3. The van der Waals surface area contributed by atoms with Crippen LogP contribution >= 0.6 is 9.24 Å².